The fourth-order valence-corrected chi connectivity index (χ4v) is 3.70. The van der Waals surface area contributed by atoms with Crippen LogP contribution in [-0.4, -0.2) is 27.7 Å². The average molecular weight is 278 g/mol. The van der Waals surface area contributed by atoms with Crippen LogP contribution in [0.2, 0.25) is 0 Å². The molecule has 0 aromatic carbocycles. The number of hydrogen-bond acceptors (Lipinski definition) is 5. The maximum absolute atomic E-state index is 11.7. The van der Waals surface area contributed by atoms with Crippen molar-refractivity contribution in [2.75, 3.05) is 11.9 Å². The highest BCUT2D eigenvalue weighted by Crippen LogP contribution is 2.31. The first kappa shape index (κ1) is 12.6. The predicted molar refractivity (Wildman–Crippen MR) is 77.0 cm³/mol. The summed E-state index contributed by atoms with van der Waals surface area (Å²) < 4.78 is 1.39. The highest BCUT2D eigenvalue weighted by atomic mass is 32.1. The molecule has 2 aromatic rings. The van der Waals surface area contributed by atoms with E-state index < -0.39 is 0 Å². The Morgan fingerprint density at radius 2 is 2.32 bits per heavy atom. The van der Waals surface area contributed by atoms with Crippen molar-refractivity contribution in [3.05, 3.63) is 22.6 Å². The van der Waals surface area contributed by atoms with Crippen molar-refractivity contribution in [3.8, 4) is 0 Å². The Morgan fingerprint density at radius 1 is 1.47 bits per heavy atom. The first-order chi connectivity index (χ1) is 9.15. The number of fused-ring (bicyclic) bond motifs is 1. The first-order valence-corrected chi connectivity index (χ1v) is 7.54. The second-order valence-electron chi connectivity index (χ2n) is 5.40. The van der Waals surface area contributed by atoms with Crippen molar-refractivity contribution in [1.82, 2.24) is 14.6 Å². The fourth-order valence-electron chi connectivity index (χ4n) is 2.79. The Balaban J connectivity index is 1.91. The molecule has 102 valence electrons. The normalized spacial score (nSPS) is 23.7. The number of aromatic nitrogens is 3. The minimum Gasteiger partial charge on any atom is -0.347 e. The average Bonchev–Trinajstić information content (AvgIpc) is 2.83. The Hall–Kier alpha value is -1.43. The van der Waals surface area contributed by atoms with Gasteiger partial charge in [-0.1, -0.05) is 31.1 Å². The topological polar surface area (TPSA) is 50.5 Å². The molecule has 2 atom stereocenters. The maximum Gasteiger partial charge on any atom is 0.275 e. The highest BCUT2D eigenvalue weighted by Gasteiger charge is 2.24. The van der Waals surface area contributed by atoms with Gasteiger partial charge in [-0.05, 0) is 18.8 Å². The van der Waals surface area contributed by atoms with Gasteiger partial charge in [0.25, 0.3) is 5.56 Å². The molecule has 3 rings (SSSR count). The van der Waals surface area contributed by atoms with E-state index >= 15 is 0 Å². The molecule has 0 amide bonds. The molecule has 19 heavy (non-hydrogen) atoms. The van der Waals surface area contributed by atoms with E-state index in [4.69, 9.17) is 0 Å². The summed E-state index contributed by atoms with van der Waals surface area (Å²) >= 11 is 1.48. The third-order valence-electron chi connectivity index (χ3n) is 3.92. The number of anilines is 1. The van der Waals surface area contributed by atoms with Gasteiger partial charge in [-0.25, -0.2) is 4.98 Å². The zero-order valence-electron chi connectivity index (χ0n) is 11.2. The van der Waals surface area contributed by atoms with Crippen LogP contribution in [0, 0.1) is 5.92 Å². The molecule has 0 aliphatic heterocycles. The van der Waals surface area contributed by atoms with Gasteiger partial charge in [-0.3, -0.25) is 4.79 Å². The molecular formula is C13H18N4OS. The monoisotopic (exact) mass is 278 g/mol. The molecule has 1 fully saturated rings. The second kappa shape index (κ2) is 4.92. The van der Waals surface area contributed by atoms with Gasteiger partial charge in [0, 0.05) is 25.4 Å². The lowest BCUT2D eigenvalue weighted by Crippen LogP contribution is -2.35. The van der Waals surface area contributed by atoms with Gasteiger partial charge in [-0.15, -0.1) is 5.10 Å². The maximum atomic E-state index is 11.7. The van der Waals surface area contributed by atoms with Crippen LogP contribution in [0.15, 0.2) is 17.1 Å². The molecule has 2 unspecified atom stereocenters. The molecule has 0 spiro atoms. The van der Waals surface area contributed by atoms with Gasteiger partial charge in [0.15, 0.2) is 0 Å². The fraction of sp³-hybridized carbons (Fsp3) is 0.615. The van der Waals surface area contributed by atoms with Crippen LogP contribution in [0.25, 0.3) is 4.96 Å². The molecule has 0 radical (unpaired) electrons. The van der Waals surface area contributed by atoms with Crippen molar-refractivity contribution in [1.29, 1.82) is 0 Å². The molecule has 5 nitrogen and oxygen atoms in total. The summed E-state index contributed by atoms with van der Waals surface area (Å²) in [7, 11) is 2.07. The van der Waals surface area contributed by atoms with Crippen molar-refractivity contribution in [2.45, 2.75) is 38.6 Å². The Labute approximate surface area is 115 Å². The molecule has 0 saturated heterocycles. The van der Waals surface area contributed by atoms with E-state index in [1.165, 1.54) is 47.6 Å². The van der Waals surface area contributed by atoms with E-state index in [9.17, 15) is 4.79 Å². The van der Waals surface area contributed by atoms with Crippen molar-refractivity contribution < 1.29 is 0 Å². The van der Waals surface area contributed by atoms with Crippen LogP contribution in [0.5, 0.6) is 0 Å². The molecule has 1 aliphatic carbocycles. The lowest BCUT2D eigenvalue weighted by Gasteiger charge is -2.33. The number of nitrogens with zero attached hydrogens (tertiary/aromatic N) is 4. The van der Waals surface area contributed by atoms with E-state index in [0.717, 1.165) is 11.0 Å². The Morgan fingerprint density at radius 3 is 3.05 bits per heavy atom. The van der Waals surface area contributed by atoms with E-state index in [2.05, 4.69) is 29.0 Å². The second-order valence-corrected chi connectivity index (χ2v) is 6.33. The van der Waals surface area contributed by atoms with Crippen LogP contribution in [0.4, 0.5) is 5.13 Å². The summed E-state index contributed by atoms with van der Waals surface area (Å²) in [6.45, 7) is 2.31. The molecule has 2 heterocycles. The van der Waals surface area contributed by atoms with E-state index in [0.29, 0.717) is 11.0 Å². The third-order valence-corrected chi connectivity index (χ3v) is 4.93. The van der Waals surface area contributed by atoms with Crippen LogP contribution in [0.1, 0.15) is 32.6 Å². The van der Waals surface area contributed by atoms with Crippen molar-refractivity contribution in [3.63, 3.8) is 0 Å². The minimum atomic E-state index is -0.113. The van der Waals surface area contributed by atoms with Crippen molar-refractivity contribution in [2.24, 2.45) is 5.92 Å². The summed E-state index contributed by atoms with van der Waals surface area (Å²) in [6.07, 6.45) is 6.56. The van der Waals surface area contributed by atoms with Gasteiger partial charge in [0.1, 0.15) is 0 Å². The van der Waals surface area contributed by atoms with Gasteiger partial charge in [0.05, 0.1) is 0 Å². The molecule has 0 N–H and O–H groups in total. The zero-order valence-corrected chi connectivity index (χ0v) is 12.1. The Bertz CT molecular complexity index is 635. The van der Waals surface area contributed by atoms with Gasteiger partial charge < -0.3 is 4.90 Å². The van der Waals surface area contributed by atoms with Crippen LogP contribution in [-0.2, 0) is 0 Å². The molecule has 2 aromatic heterocycles. The highest BCUT2D eigenvalue weighted by molar-refractivity contribution is 7.20. The summed E-state index contributed by atoms with van der Waals surface area (Å²) in [6, 6.07) is 1.97. The van der Waals surface area contributed by atoms with Crippen molar-refractivity contribution >= 4 is 21.4 Å². The largest absolute Gasteiger partial charge is 0.347 e. The molecular weight excluding hydrogens is 260 g/mol. The minimum absolute atomic E-state index is 0.113. The Kier molecular flexibility index (Phi) is 3.26. The molecule has 1 saturated carbocycles. The summed E-state index contributed by atoms with van der Waals surface area (Å²) in [5.41, 5.74) is -0.113. The van der Waals surface area contributed by atoms with Gasteiger partial charge >= 0.3 is 0 Å². The summed E-state index contributed by atoms with van der Waals surface area (Å²) in [4.78, 5) is 18.8. The molecule has 6 heteroatoms. The van der Waals surface area contributed by atoms with Gasteiger partial charge in [0.2, 0.25) is 10.1 Å². The SMILES string of the molecule is CC1CCCC(N(C)c2nn3c(=O)ccnc3s2)C1. The number of rotatable bonds is 2. The van der Waals surface area contributed by atoms with E-state index in [-0.39, 0.29) is 5.56 Å². The number of hydrogen-bond donors (Lipinski definition) is 0. The van der Waals surface area contributed by atoms with Crippen LogP contribution in [0.3, 0.4) is 0 Å². The summed E-state index contributed by atoms with van der Waals surface area (Å²) in [5.74, 6) is 0.774. The summed E-state index contributed by atoms with van der Waals surface area (Å²) in [5, 5.41) is 5.28. The van der Waals surface area contributed by atoms with Crippen LogP contribution < -0.4 is 10.5 Å². The van der Waals surface area contributed by atoms with Crippen LogP contribution >= 0.6 is 11.3 Å². The standard InChI is InChI=1S/C13H18N4OS/c1-9-4-3-5-10(8-9)16(2)13-15-17-11(18)6-7-14-12(17)19-13/h6-7,9-10H,3-5,8H2,1-2H3. The third kappa shape index (κ3) is 2.36. The first-order valence-electron chi connectivity index (χ1n) is 6.73. The lowest BCUT2D eigenvalue weighted by atomic mass is 9.86. The quantitative estimate of drug-likeness (QED) is 0.844. The molecule has 1 aliphatic rings. The molecule has 0 bridgehead atoms. The predicted octanol–water partition coefficient (Wildman–Crippen LogP) is 2.17. The van der Waals surface area contributed by atoms with E-state index in [1.54, 1.807) is 6.20 Å². The van der Waals surface area contributed by atoms with E-state index in [1.807, 2.05) is 0 Å². The lowest BCUT2D eigenvalue weighted by molar-refractivity contribution is 0.336. The zero-order chi connectivity index (χ0) is 13.4. The van der Waals surface area contributed by atoms with Gasteiger partial charge in [-0.2, -0.15) is 4.52 Å². The smallest absolute Gasteiger partial charge is 0.275 e.